The highest BCUT2D eigenvalue weighted by Gasteiger charge is 2.19. The lowest BCUT2D eigenvalue weighted by Crippen LogP contribution is -2.39. The molecule has 0 saturated carbocycles. The SMILES string of the molecule is CCS(=O)(=O)CCC(CNC(C)(C)C)c1cccc(C)c1. The summed E-state index contributed by atoms with van der Waals surface area (Å²) in [6.45, 7) is 11.0. The molecule has 21 heavy (non-hydrogen) atoms. The van der Waals surface area contributed by atoms with E-state index in [4.69, 9.17) is 0 Å². The van der Waals surface area contributed by atoms with Crippen LogP contribution in [0.25, 0.3) is 0 Å². The average molecular weight is 311 g/mol. The van der Waals surface area contributed by atoms with Crippen molar-refractivity contribution in [1.82, 2.24) is 5.32 Å². The standard InChI is InChI=1S/C17H29NO2S/c1-6-21(19,20)11-10-16(13-18-17(3,4)5)15-9-7-8-14(2)12-15/h7-9,12,16,18H,6,10-11,13H2,1-5H3. The molecule has 1 aromatic rings. The summed E-state index contributed by atoms with van der Waals surface area (Å²) in [6, 6.07) is 8.37. The Morgan fingerprint density at radius 3 is 2.43 bits per heavy atom. The Morgan fingerprint density at radius 2 is 1.90 bits per heavy atom. The molecular formula is C17H29NO2S. The Labute approximate surface area is 130 Å². The van der Waals surface area contributed by atoms with E-state index in [1.807, 2.05) is 6.07 Å². The molecule has 0 fully saturated rings. The van der Waals surface area contributed by atoms with Gasteiger partial charge in [0.05, 0.1) is 5.75 Å². The maximum atomic E-state index is 11.8. The number of sulfone groups is 1. The van der Waals surface area contributed by atoms with Gasteiger partial charge in [-0.1, -0.05) is 36.8 Å². The van der Waals surface area contributed by atoms with Gasteiger partial charge in [-0.2, -0.15) is 0 Å². The van der Waals surface area contributed by atoms with Crippen molar-refractivity contribution in [2.45, 2.75) is 52.5 Å². The first kappa shape index (κ1) is 18.2. The second-order valence-corrected chi connectivity index (χ2v) is 9.24. The zero-order valence-corrected chi connectivity index (χ0v) is 14.8. The van der Waals surface area contributed by atoms with E-state index >= 15 is 0 Å². The van der Waals surface area contributed by atoms with E-state index in [9.17, 15) is 8.42 Å². The lowest BCUT2D eigenvalue weighted by molar-refractivity contribution is 0.403. The van der Waals surface area contributed by atoms with Crippen molar-refractivity contribution in [1.29, 1.82) is 0 Å². The summed E-state index contributed by atoms with van der Waals surface area (Å²) in [4.78, 5) is 0. The molecule has 0 bridgehead atoms. The molecule has 4 heteroatoms. The smallest absolute Gasteiger partial charge is 0.150 e. The molecule has 0 spiro atoms. The molecular weight excluding hydrogens is 282 g/mol. The number of benzene rings is 1. The normalized spacial score (nSPS) is 14.1. The Hall–Kier alpha value is -0.870. The minimum absolute atomic E-state index is 0.0334. The van der Waals surface area contributed by atoms with Crippen LogP contribution >= 0.6 is 0 Å². The van der Waals surface area contributed by atoms with Crippen LogP contribution in [0, 0.1) is 6.92 Å². The number of nitrogens with one attached hydrogen (secondary N) is 1. The van der Waals surface area contributed by atoms with E-state index in [1.54, 1.807) is 6.92 Å². The summed E-state index contributed by atoms with van der Waals surface area (Å²) in [5, 5.41) is 3.50. The topological polar surface area (TPSA) is 46.2 Å². The molecule has 1 N–H and O–H groups in total. The average Bonchev–Trinajstić information content (AvgIpc) is 2.37. The Kier molecular flexibility index (Phi) is 6.41. The molecule has 3 nitrogen and oxygen atoms in total. The summed E-state index contributed by atoms with van der Waals surface area (Å²) in [6.07, 6.45) is 0.669. The van der Waals surface area contributed by atoms with Crippen molar-refractivity contribution in [3.63, 3.8) is 0 Å². The molecule has 0 aliphatic carbocycles. The van der Waals surface area contributed by atoms with Gasteiger partial charge < -0.3 is 5.32 Å². The van der Waals surface area contributed by atoms with Crippen LogP contribution in [-0.2, 0) is 9.84 Å². The third-order valence-electron chi connectivity index (χ3n) is 3.61. The number of aryl methyl sites for hydroxylation is 1. The molecule has 0 aliphatic heterocycles. The zero-order chi connectivity index (χ0) is 16.1. The second-order valence-electron chi connectivity index (χ2n) is 6.77. The van der Waals surface area contributed by atoms with Crippen LogP contribution in [0.5, 0.6) is 0 Å². The van der Waals surface area contributed by atoms with Gasteiger partial charge >= 0.3 is 0 Å². The highest BCUT2D eigenvalue weighted by Crippen LogP contribution is 2.22. The van der Waals surface area contributed by atoms with Gasteiger partial charge in [-0.3, -0.25) is 0 Å². The van der Waals surface area contributed by atoms with Crippen LogP contribution in [0.1, 0.15) is 51.2 Å². The van der Waals surface area contributed by atoms with Crippen LogP contribution in [0.15, 0.2) is 24.3 Å². The summed E-state index contributed by atoms with van der Waals surface area (Å²) < 4.78 is 23.6. The molecule has 0 radical (unpaired) electrons. The highest BCUT2D eigenvalue weighted by molar-refractivity contribution is 7.91. The molecule has 0 saturated heterocycles. The zero-order valence-electron chi connectivity index (χ0n) is 13.9. The maximum absolute atomic E-state index is 11.8. The van der Waals surface area contributed by atoms with E-state index in [2.05, 4.69) is 51.2 Å². The fraction of sp³-hybridized carbons (Fsp3) is 0.647. The van der Waals surface area contributed by atoms with Gasteiger partial charge in [0.25, 0.3) is 0 Å². The summed E-state index contributed by atoms with van der Waals surface area (Å²) >= 11 is 0. The van der Waals surface area contributed by atoms with Gasteiger partial charge in [0.15, 0.2) is 0 Å². The minimum Gasteiger partial charge on any atom is -0.311 e. The number of rotatable bonds is 7. The largest absolute Gasteiger partial charge is 0.311 e. The Morgan fingerprint density at radius 1 is 1.24 bits per heavy atom. The fourth-order valence-electron chi connectivity index (χ4n) is 2.21. The Balaban J connectivity index is 2.84. The molecule has 120 valence electrons. The lowest BCUT2D eigenvalue weighted by atomic mass is 9.94. The fourth-order valence-corrected chi connectivity index (χ4v) is 3.14. The quantitative estimate of drug-likeness (QED) is 0.840. The second kappa shape index (κ2) is 7.41. The van der Waals surface area contributed by atoms with Gasteiger partial charge in [-0.15, -0.1) is 0 Å². The van der Waals surface area contributed by atoms with Gasteiger partial charge in [-0.05, 0) is 45.6 Å². The molecule has 0 heterocycles. The molecule has 0 aromatic heterocycles. The van der Waals surface area contributed by atoms with Crippen LogP contribution in [0.4, 0.5) is 0 Å². The minimum atomic E-state index is -2.91. The number of hydrogen-bond donors (Lipinski definition) is 1. The first-order valence-corrected chi connectivity index (χ1v) is 9.47. The molecule has 1 rings (SSSR count). The van der Waals surface area contributed by atoms with E-state index in [0.717, 1.165) is 6.54 Å². The highest BCUT2D eigenvalue weighted by atomic mass is 32.2. The third-order valence-corrected chi connectivity index (χ3v) is 5.35. The van der Waals surface area contributed by atoms with Gasteiger partial charge in [0.2, 0.25) is 0 Å². The van der Waals surface area contributed by atoms with Gasteiger partial charge in [0, 0.05) is 17.8 Å². The molecule has 1 aromatic carbocycles. The monoisotopic (exact) mass is 311 g/mol. The van der Waals surface area contributed by atoms with Crippen molar-refractivity contribution < 1.29 is 8.42 Å². The number of hydrogen-bond acceptors (Lipinski definition) is 3. The molecule has 0 aliphatic rings. The molecule has 1 atom stereocenters. The summed E-state index contributed by atoms with van der Waals surface area (Å²) in [5.41, 5.74) is 2.47. The predicted octanol–water partition coefficient (Wildman–Crippen LogP) is 3.29. The van der Waals surface area contributed by atoms with Gasteiger partial charge in [-0.25, -0.2) is 8.42 Å². The first-order chi connectivity index (χ1) is 9.63. The van der Waals surface area contributed by atoms with E-state index < -0.39 is 9.84 Å². The van der Waals surface area contributed by atoms with Crippen molar-refractivity contribution in [3.05, 3.63) is 35.4 Å². The van der Waals surface area contributed by atoms with Crippen LogP contribution in [0.2, 0.25) is 0 Å². The lowest BCUT2D eigenvalue weighted by Gasteiger charge is -2.26. The van der Waals surface area contributed by atoms with E-state index in [1.165, 1.54) is 11.1 Å². The van der Waals surface area contributed by atoms with Crippen LogP contribution in [0.3, 0.4) is 0 Å². The molecule has 0 amide bonds. The Bertz CT molecular complexity index is 544. The van der Waals surface area contributed by atoms with Crippen molar-refractivity contribution >= 4 is 9.84 Å². The predicted molar refractivity (Wildman–Crippen MR) is 90.6 cm³/mol. The van der Waals surface area contributed by atoms with Crippen molar-refractivity contribution in [2.75, 3.05) is 18.1 Å². The summed E-state index contributed by atoms with van der Waals surface area (Å²) in [7, 11) is -2.91. The van der Waals surface area contributed by atoms with E-state index in [-0.39, 0.29) is 23.0 Å². The van der Waals surface area contributed by atoms with Gasteiger partial charge in [0.1, 0.15) is 9.84 Å². The first-order valence-electron chi connectivity index (χ1n) is 7.65. The van der Waals surface area contributed by atoms with Crippen LogP contribution < -0.4 is 5.32 Å². The molecule has 1 unspecified atom stereocenters. The van der Waals surface area contributed by atoms with E-state index in [0.29, 0.717) is 6.42 Å². The summed E-state index contributed by atoms with van der Waals surface area (Å²) in [5.74, 6) is 0.708. The maximum Gasteiger partial charge on any atom is 0.150 e. The van der Waals surface area contributed by atoms with Crippen molar-refractivity contribution in [2.24, 2.45) is 0 Å². The van der Waals surface area contributed by atoms with Crippen molar-refractivity contribution in [3.8, 4) is 0 Å². The third kappa shape index (κ3) is 7.09. The van der Waals surface area contributed by atoms with Crippen LogP contribution in [-0.4, -0.2) is 32.0 Å².